The van der Waals surface area contributed by atoms with E-state index in [4.69, 9.17) is 9.84 Å². The van der Waals surface area contributed by atoms with Gasteiger partial charge in [-0.3, -0.25) is 9.69 Å². The summed E-state index contributed by atoms with van der Waals surface area (Å²) in [5.74, 6) is -0.726. The zero-order chi connectivity index (χ0) is 13.7. The van der Waals surface area contributed by atoms with Gasteiger partial charge in [0, 0.05) is 26.2 Å². The largest absolute Gasteiger partial charge is 0.481 e. The van der Waals surface area contributed by atoms with E-state index in [0.717, 1.165) is 6.54 Å². The lowest BCUT2D eigenvalue weighted by molar-refractivity contribution is -0.137. The van der Waals surface area contributed by atoms with Gasteiger partial charge in [-0.2, -0.15) is 0 Å². The lowest BCUT2D eigenvalue weighted by atomic mass is 10.1. The summed E-state index contributed by atoms with van der Waals surface area (Å²) in [4.78, 5) is 13.0. The Bertz CT molecular complexity index is 429. The molecular weight excluding hydrogens is 242 g/mol. The summed E-state index contributed by atoms with van der Waals surface area (Å²) < 4.78 is 5.21. The Morgan fingerprint density at radius 3 is 2.63 bits per heavy atom. The highest BCUT2D eigenvalue weighted by atomic mass is 16.5. The molecule has 0 atom stereocenters. The fourth-order valence-corrected chi connectivity index (χ4v) is 2.30. The van der Waals surface area contributed by atoms with Crippen molar-refractivity contribution in [3.05, 3.63) is 35.4 Å². The number of methoxy groups -OCH3 is 1. The van der Waals surface area contributed by atoms with Crippen LogP contribution in [0.3, 0.4) is 0 Å². The molecule has 4 nitrogen and oxygen atoms in total. The number of aliphatic carboxylic acids is 1. The summed E-state index contributed by atoms with van der Waals surface area (Å²) in [6, 6.07) is 8.77. The molecule has 4 heteroatoms. The number of carboxylic acids is 1. The van der Waals surface area contributed by atoms with Crippen LogP contribution in [0.1, 0.15) is 30.4 Å². The zero-order valence-electron chi connectivity index (χ0n) is 11.3. The molecule has 0 aromatic heterocycles. The molecule has 0 saturated heterocycles. The van der Waals surface area contributed by atoms with Crippen LogP contribution in [0.2, 0.25) is 0 Å². The topological polar surface area (TPSA) is 49.8 Å². The molecule has 1 N–H and O–H groups in total. The molecule has 0 heterocycles. The Hall–Kier alpha value is -1.39. The van der Waals surface area contributed by atoms with Crippen LogP contribution in [0.4, 0.5) is 0 Å². The molecule has 0 spiro atoms. The molecular formula is C15H21NO3. The molecule has 0 amide bonds. The van der Waals surface area contributed by atoms with Crippen LogP contribution in [-0.4, -0.2) is 35.7 Å². The SMILES string of the molecule is COCc1ccccc1CN(CCC(=O)O)C1CC1. The van der Waals surface area contributed by atoms with E-state index >= 15 is 0 Å². The average Bonchev–Trinajstić information content (AvgIpc) is 3.21. The first-order valence-electron chi connectivity index (χ1n) is 6.72. The highest BCUT2D eigenvalue weighted by Crippen LogP contribution is 2.29. The number of carboxylic acid groups (broad SMARTS) is 1. The van der Waals surface area contributed by atoms with E-state index < -0.39 is 5.97 Å². The van der Waals surface area contributed by atoms with Crippen LogP contribution in [-0.2, 0) is 22.7 Å². The average molecular weight is 263 g/mol. The van der Waals surface area contributed by atoms with E-state index in [0.29, 0.717) is 19.2 Å². The molecule has 104 valence electrons. The second-order valence-corrected chi connectivity index (χ2v) is 5.05. The predicted molar refractivity (Wildman–Crippen MR) is 72.8 cm³/mol. The third-order valence-corrected chi connectivity index (χ3v) is 3.47. The van der Waals surface area contributed by atoms with Crippen molar-refractivity contribution in [2.75, 3.05) is 13.7 Å². The van der Waals surface area contributed by atoms with Crippen molar-refractivity contribution in [3.8, 4) is 0 Å². The third kappa shape index (κ3) is 4.33. The highest BCUT2D eigenvalue weighted by Gasteiger charge is 2.29. The molecule has 0 aliphatic heterocycles. The Kier molecular flexibility index (Phi) is 4.93. The molecule has 0 bridgehead atoms. The van der Waals surface area contributed by atoms with Crippen molar-refractivity contribution in [2.45, 2.75) is 38.5 Å². The first kappa shape index (κ1) is 14.0. The van der Waals surface area contributed by atoms with Gasteiger partial charge in [0.1, 0.15) is 0 Å². The number of benzene rings is 1. The molecule has 19 heavy (non-hydrogen) atoms. The Labute approximate surface area is 114 Å². The second kappa shape index (κ2) is 6.68. The van der Waals surface area contributed by atoms with E-state index in [2.05, 4.69) is 17.0 Å². The summed E-state index contributed by atoms with van der Waals surface area (Å²) >= 11 is 0. The first-order chi connectivity index (χ1) is 9.20. The quantitative estimate of drug-likeness (QED) is 0.781. The minimum atomic E-state index is -0.726. The van der Waals surface area contributed by atoms with Crippen LogP contribution >= 0.6 is 0 Å². The standard InChI is InChI=1S/C15H21NO3/c1-19-11-13-5-3-2-4-12(13)10-16(14-6-7-14)9-8-15(17)18/h2-5,14H,6-11H2,1H3,(H,17,18). The van der Waals surface area contributed by atoms with Crippen LogP contribution < -0.4 is 0 Å². The van der Waals surface area contributed by atoms with Gasteiger partial charge in [0.05, 0.1) is 13.0 Å². The van der Waals surface area contributed by atoms with E-state index in [-0.39, 0.29) is 6.42 Å². The molecule has 1 aliphatic carbocycles. The Morgan fingerprint density at radius 2 is 2.05 bits per heavy atom. The number of hydrogen-bond acceptors (Lipinski definition) is 3. The number of nitrogens with zero attached hydrogens (tertiary/aromatic N) is 1. The van der Waals surface area contributed by atoms with Gasteiger partial charge in [-0.15, -0.1) is 0 Å². The summed E-state index contributed by atoms with van der Waals surface area (Å²) in [6.45, 7) is 2.05. The number of ether oxygens (including phenoxy) is 1. The van der Waals surface area contributed by atoms with Crippen LogP contribution in [0, 0.1) is 0 Å². The Morgan fingerprint density at radius 1 is 1.37 bits per heavy atom. The predicted octanol–water partition coefficient (Wildman–Crippen LogP) is 2.27. The van der Waals surface area contributed by atoms with E-state index in [9.17, 15) is 4.79 Å². The molecule has 1 aromatic carbocycles. The molecule has 0 unspecified atom stereocenters. The van der Waals surface area contributed by atoms with Crippen LogP contribution in [0.5, 0.6) is 0 Å². The van der Waals surface area contributed by atoms with E-state index in [1.165, 1.54) is 24.0 Å². The molecule has 1 fully saturated rings. The monoisotopic (exact) mass is 263 g/mol. The van der Waals surface area contributed by atoms with Crippen molar-refractivity contribution in [1.29, 1.82) is 0 Å². The third-order valence-electron chi connectivity index (χ3n) is 3.47. The van der Waals surface area contributed by atoms with Gasteiger partial charge in [0.15, 0.2) is 0 Å². The molecule has 0 radical (unpaired) electrons. The fourth-order valence-electron chi connectivity index (χ4n) is 2.30. The smallest absolute Gasteiger partial charge is 0.304 e. The van der Waals surface area contributed by atoms with Gasteiger partial charge in [-0.1, -0.05) is 24.3 Å². The zero-order valence-corrected chi connectivity index (χ0v) is 11.3. The van der Waals surface area contributed by atoms with Gasteiger partial charge in [-0.25, -0.2) is 0 Å². The Balaban J connectivity index is 2.01. The molecule has 1 aromatic rings. The van der Waals surface area contributed by atoms with Gasteiger partial charge in [0.25, 0.3) is 0 Å². The molecule has 2 rings (SSSR count). The van der Waals surface area contributed by atoms with E-state index in [1.54, 1.807) is 7.11 Å². The summed E-state index contributed by atoms with van der Waals surface area (Å²) in [5, 5.41) is 8.82. The van der Waals surface area contributed by atoms with Crippen LogP contribution in [0.15, 0.2) is 24.3 Å². The second-order valence-electron chi connectivity index (χ2n) is 5.05. The fraction of sp³-hybridized carbons (Fsp3) is 0.533. The maximum atomic E-state index is 10.7. The summed E-state index contributed by atoms with van der Waals surface area (Å²) in [7, 11) is 1.69. The van der Waals surface area contributed by atoms with Crippen molar-refractivity contribution < 1.29 is 14.6 Å². The lowest BCUT2D eigenvalue weighted by Crippen LogP contribution is -2.28. The lowest BCUT2D eigenvalue weighted by Gasteiger charge is -2.22. The number of hydrogen-bond donors (Lipinski definition) is 1. The molecule has 1 saturated carbocycles. The maximum Gasteiger partial charge on any atom is 0.304 e. The van der Waals surface area contributed by atoms with Gasteiger partial charge >= 0.3 is 5.97 Å². The summed E-state index contributed by atoms with van der Waals surface area (Å²) in [5.41, 5.74) is 2.42. The normalized spacial score (nSPS) is 14.8. The number of carbonyl (C=O) groups is 1. The van der Waals surface area contributed by atoms with Crippen molar-refractivity contribution in [3.63, 3.8) is 0 Å². The van der Waals surface area contributed by atoms with Crippen molar-refractivity contribution in [2.24, 2.45) is 0 Å². The van der Waals surface area contributed by atoms with Gasteiger partial charge in [0.2, 0.25) is 0 Å². The molecule has 1 aliphatic rings. The summed E-state index contributed by atoms with van der Waals surface area (Å²) in [6.07, 6.45) is 2.58. The van der Waals surface area contributed by atoms with Crippen molar-refractivity contribution >= 4 is 5.97 Å². The minimum Gasteiger partial charge on any atom is -0.481 e. The van der Waals surface area contributed by atoms with Crippen molar-refractivity contribution in [1.82, 2.24) is 4.90 Å². The first-order valence-corrected chi connectivity index (χ1v) is 6.72. The van der Waals surface area contributed by atoms with E-state index in [1.807, 2.05) is 12.1 Å². The van der Waals surface area contributed by atoms with Gasteiger partial charge in [-0.05, 0) is 24.0 Å². The minimum absolute atomic E-state index is 0.211. The highest BCUT2D eigenvalue weighted by molar-refractivity contribution is 5.66. The van der Waals surface area contributed by atoms with Gasteiger partial charge < -0.3 is 9.84 Å². The number of rotatable bonds is 8. The van der Waals surface area contributed by atoms with Crippen LogP contribution in [0.25, 0.3) is 0 Å². The maximum absolute atomic E-state index is 10.7.